The molecule has 2 heterocycles. The van der Waals surface area contributed by atoms with Crippen molar-refractivity contribution in [2.45, 2.75) is 25.1 Å². The number of rotatable bonds is 2. The minimum absolute atomic E-state index is 0.502. The fraction of sp³-hybridized carbons (Fsp3) is 0.545. The van der Waals surface area contributed by atoms with E-state index in [2.05, 4.69) is 22.0 Å². The highest BCUT2D eigenvalue weighted by molar-refractivity contribution is 6.16. The molecule has 1 aliphatic rings. The van der Waals surface area contributed by atoms with Crippen LogP contribution in [0.15, 0.2) is 18.3 Å². The van der Waals surface area contributed by atoms with E-state index in [0.717, 1.165) is 5.69 Å². The summed E-state index contributed by atoms with van der Waals surface area (Å²) in [6, 6.07) is 4.17. The van der Waals surface area contributed by atoms with Gasteiger partial charge in [0, 0.05) is 25.0 Å². The fourth-order valence-corrected chi connectivity index (χ4v) is 2.03. The van der Waals surface area contributed by atoms with Crippen LogP contribution < -0.4 is 4.90 Å². The van der Waals surface area contributed by atoms with Crippen molar-refractivity contribution in [3.8, 4) is 0 Å². The number of halogens is 1. The van der Waals surface area contributed by atoms with E-state index in [1.54, 1.807) is 0 Å². The second-order valence-corrected chi connectivity index (χ2v) is 3.95. The van der Waals surface area contributed by atoms with E-state index >= 15 is 0 Å². The summed E-state index contributed by atoms with van der Waals surface area (Å²) in [5, 5.41) is 0. The lowest BCUT2D eigenvalue weighted by Crippen LogP contribution is -2.29. The Balaban J connectivity index is 2.13. The highest BCUT2D eigenvalue weighted by atomic mass is 35.5. The van der Waals surface area contributed by atoms with E-state index in [4.69, 9.17) is 11.6 Å². The minimum Gasteiger partial charge on any atom is -0.371 e. The normalized spacial score (nSPS) is 17.1. The quantitative estimate of drug-likeness (QED) is 0.698. The van der Waals surface area contributed by atoms with Gasteiger partial charge < -0.3 is 4.90 Å². The standard InChI is InChI=1S/C11H15ClN2/c12-9-10-8-11(4-5-13-10)14-6-2-1-3-7-14/h4-5,8H,1-3,6-7,9H2. The van der Waals surface area contributed by atoms with Gasteiger partial charge in [0.15, 0.2) is 0 Å². The van der Waals surface area contributed by atoms with E-state index in [1.165, 1.54) is 38.0 Å². The van der Waals surface area contributed by atoms with Crippen LogP contribution in [0.25, 0.3) is 0 Å². The van der Waals surface area contributed by atoms with Crippen molar-refractivity contribution in [2.24, 2.45) is 0 Å². The summed E-state index contributed by atoms with van der Waals surface area (Å²) in [4.78, 5) is 6.61. The van der Waals surface area contributed by atoms with Gasteiger partial charge in [0.25, 0.3) is 0 Å². The summed E-state index contributed by atoms with van der Waals surface area (Å²) in [6.45, 7) is 2.34. The number of aromatic nitrogens is 1. The first-order chi connectivity index (χ1) is 6.90. The summed E-state index contributed by atoms with van der Waals surface area (Å²) < 4.78 is 0. The molecule has 76 valence electrons. The van der Waals surface area contributed by atoms with Crippen LogP contribution in [0.5, 0.6) is 0 Å². The topological polar surface area (TPSA) is 16.1 Å². The number of nitrogens with zero attached hydrogens (tertiary/aromatic N) is 2. The second kappa shape index (κ2) is 4.65. The maximum atomic E-state index is 5.76. The van der Waals surface area contributed by atoms with Crippen LogP contribution in [-0.2, 0) is 5.88 Å². The lowest BCUT2D eigenvalue weighted by Gasteiger charge is -2.28. The molecule has 0 spiro atoms. The smallest absolute Gasteiger partial charge is 0.0648 e. The van der Waals surface area contributed by atoms with Crippen molar-refractivity contribution in [1.29, 1.82) is 0 Å². The molecule has 0 N–H and O–H groups in total. The van der Waals surface area contributed by atoms with Crippen LogP contribution in [0.3, 0.4) is 0 Å². The largest absolute Gasteiger partial charge is 0.371 e. The Morgan fingerprint density at radius 2 is 2.07 bits per heavy atom. The molecule has 2 rings (SSSR count). The van der Waals surface area contributed by atoms with Gasteiger partial charge in [-0.3, -0.25) is 4.98 Å². The number of alkyl halides is 1. The second-order valence-electron chi connectivity index (χ2n) is 3.69. The third kappa shape index (κ3) is 2.18. The molecule has 14 heavy (non-hydrogen) atoms. The maximum absolute atomic E-state index is 5.76. The van der Waals surface area contributed by atoms with Crippen LogP contribution in [0.1, 0.15) is 25.0 Å². The summed E-state index contributed by atoms with van der Waals surface area (Å²) in [5.74, 6) is 0.502. The van der Waals surface area contributed by atoms with E-state index in [9.17, 15) is 0 Å². The van der Waals surface area contributed by atoms with Crippen molar-refractivity contribution >= 4 is 17.3 Å². The molecule has 1 aromatic rings. The zero-order valence-electron chi connectivity index (χ0n) is 8.25. The average molecular weight is 211 g/mol. The summed E-state index contributed by atoms with van der Waals surface area (Å²) in [6.07, 6.45) is 5.82. The molecule has 0 atom stereocenters. The first kappa shape index (κ1) is 9.78. The predicted octanol–water partition coefficient (Wildman–Crippen LogP) is 2.81. The summed E-state index contributed by atoms with van der Waals surface area (Å²) in [7, 11) is 0. The maximum Gasteiger partial charge on any atom is 0.0648 e. The molecule has 0 radical (unpaired) electrons. The summed E-state index contributed by atoms with van der Waals surface area (Å²) >= 11 is 5.76. The average Bonchev–Trinajstić information content (AvgIpc) is 2.30. The highest BCUT2D eigenvalue weighted by Crippen LogP contribution is 2.20. The van der Waals surface area contributed by atoms with Crippen LogP contribution >= 0.6 is 11.6 Å². The molecule has 1 saturated heterocycles. The highest BCUT2D eigenvalue weighted by Gasteiger charge is 2.10. The molecule has 0 bridgehead atoms. The SMILES string of the molecule is ClCc1cc(N2CCCCC2)ccn1. The number of hydrogen-bond acceptors (Lipinski definition) is 2. The van der Waals surface area contributed by atoms with Crippen molar-refractivity contribution in [2.75, 3.05) is 18.0 Å². The van der Waals surface area contributed by atoms with Crippen LogP contribution in [-0.4, -0.2) is 18.1 Å². The Kier molecular flexibility index (Phi) is 3.25. The Labute approximate surface area is 89.9 Å². The molecule has 0 aromatic carbocycles. The van der Waals surface area contributed by atoms with Crippen molar-refractivity contribution in [3.05, 3.63) is 24.0 Å². The molecule has 1 aliphatic heterocycles. The first-order valence-corrected chi connectivity index (χ1v) is 5.69. The lowest BCUT2D eigenvalue weighted by atomic mass is 10.1. The van der Waals surface area contributed by atoms with Gasteiger partial charge >= 0.3 is 0 Å². The molecular formula is C11H15ClN2. The van der Waals surface area contributed by atoms with Crippen LogP contribution in [0, 0.1) is 0 Å². The molecule has 0 aliphatic carbocycles. The zero-order chi connectivity index (χ0) is 9.80. The van der Waals surface area contributed by atoms with Crippen LogP contribution in [0.4, 0.5) is 5.69 Å². The number of pyridine rings is 1. The molecule has 3 heteroatoms. The first-order valence-electron chi connectivity index (χ1n) is 5.16. The molecular weight excluding hydrogens is 196 g/mol. The number of hydrogen-bond donors (Lipinski definition) is 0. The monoisotopic (exact) mass is 210 g/mol. The van der Waals surface area contributed by atoms with Crippen LogP contribution in [0.2, 0.25) is 0 Å². The molecule has 1 aromatic heterocycles. The van der Waals surface area contributed by atoms with Gasteiger partial charge in [-0.25, -0.2) is 0 Å². The lowest BCUT2D eigenvalue weighted by molar-refractivity contribution is 0.577. The Bertz CT molecular complexity index is 295. The van der Waals surface area contributed by atoms with Crippen molar-refractivity contribution in [3.63, 3.8) is 0 Å². The minimum atomic E-state index is 0.502. The van der Waals surface area contributed by atoms with Gasteiger partial charge in [-0.15, -0.1) is 11.6 Å². The van der Waals surface area contributed by atoms with Gasteiger partial charge in [-0.2, -0.15) is 0 Å². The third-order valence-electron chi connectivity index (χ3n) is 2.66. The Hall–Kier alpha value is -0.760. The Morgan fingerprint density at radius 3 is 2.79 bits per heavy atom. The van der Waals surface area contributed by atoms with E-state index < -0.39 is 0 Å². The summed E-state index contributed by atoms with van der Waals surface area (Å²) in [5.41, 5.74) is 2.24. The number of piperidine rings is 1. The van der Waals surface area contributed by atoms with E-state index in [1.807, 2.05) is 6.20 Å². The van der Waals surface area contributed by atoms with Gasteiger partial charge in [0.05, 0.1) is 11.6 Å². The zero-order valence-corrected chi connectivity index (χ0v) is 9.00. The molecule has 0 amide bonds. The molecule has 0 unspecified atom stereocenters. The van der Waals surface area contributed by atoms with Crippen molar-refractivity contribution in [1.82, 2.24) is 4.98 Å². The van der Waals surface area contributed by atoms with Gasteiger partial charge in [0.2, 0.25) is 0 Å². The number of anilines is 1. The fourth-order valence-electron chi connectivity index (χ4n) is 1.89. The van der Waals surface area contributed by atoms with E-state index in [0.29, 0.717) is 5.88 Å². The van der Waals surface area contributed by atoms with Gasteiger partial charge in [-0.1, -0.05) is 0 Å². The van der Waals surface area contributed by atoms with Crippen molar-refractivity contribution < 1.29 is 0 Å². The predicted molar refractivity (Wildman–Crippen MR) is 59.9 cm³/mol. The van der Waals surface area contributed by atoms with E-state index in [-0.39, 0.29) is 0 Å². The Morgan fingerprint density at radius 1 is 1.29 bits per heavy atom. The molecule has 2 nitrogen and oxygen atoms in total. The third-order valence-corrected chi connectivity index (χ3v) is 2.93. The molecule has 0 saturated carbocycles. The van der Waals surface area contributed by atoms with Gasteiger partial charge in [-0.05, 0) is 31.4 Å². The van der Waals surface area contributed by atoms with Gasteiger partial charge in [0.1, 0.15) is 0 Å². The molecule has 1 fully saturated rings.